The molecule has 102 valence electrons. The zero-order valence-electron chi connectivity index (χ0n) is 11.6. The highest BCUT2D eigenvalue weighted by Crippen LogP contribution is 2.36. The molecule has 5 nitrogen and oxygen atoms in total. The van der Waals surface area contributed by atoms with Gasteiger partial charge >= 0.3 is 5.97 Å². The summed E-state index contributed by atoms with van der Waals surface area (Å²) in [6.45, 7) is 3.38. The SMILES string of the molecule is CNc1ccc2c(c1)CC(=O)N2C(C)(C)C(=O)OC. The molecule has 0 fully saturated rings. The predicted octanol–water partition coefficient (Wildman–Crippen LogP) is 1.57. The molecule has 0 atom stereocenters. The number of esters is 1. The maximum absolute atomic E-state index is 12.2. The molecule has 1 aliphatic heterocycles. The third-order valence-corrected chi connectivity index (χ3v) is 3.44. The molecule has 1 aromatic rings. The van der Waals surface area contributed by atoms with Crippen molar-refractivity contribution in [1.82, 2.24) is 0 Å². The van der Waals surface area contributed by atoms with Gasteiger partial charge in [-0.1, -0.05) is 0 Å². The lowest BCUT2D eigenvalue weighted by atomic mass is 10.0. The number of rotatable bonds is 3. The molecule has 0 bridgehead atoms. The normalized spacial score (nSPS) is 14.3. The minimum atomic E-state index is -1.00. The molecule has 0 unspecified atom stereocenters. The fraction of sp³-hybridized carbons (Fsp3) is 0.429. The van der Waals surface area contributed by atoms with Crippen molar-refractivity contribution in [3.63, 3.8) is 0 Å². The number of nitrogens with one attached hydrogen (secondary N) is 1. The van der Waals surface area contributed by atoms with E-state index in [1.165, 1.54) is 12.0 Å². The average molecular weight is 262 g/mol. The van der Waals surface area contributed by atoms with E-state index in [2.05, 4.69) is 5.32 Å². The molecule has 2 rings (SSSR count). The van der Waals surface area contributed by atoms with Crippen molar-refractivity contribution in [2.45, 2.75) is 25.8 Å². The van der Waals surface area contributed by atoms with Crippen LogP contribution in [0.1, 0.15) is 19.4 Å². The Bertz CT molecular complexity index is 537. The topological polar surface area (TPSA) is 58.6 Å². The van der Waals surface area contributed by atoms with Gasteiger partial charge in [0.25, 0.3) is 0 Å². The van der Waals surface area contributed by atoms with Crippen LogP contribution in [0.2, 0.25) is 0 Å². The fourth-order valence-electron chi connectivity index (χ4n) is 2.43. The van der Waals surface area contributed by atoms with Crippen molar-refractivity contribution in [2.75, 3.05) is 24.4 Å². The monoisotopic (exact) mass is 262 g/mol. The van der Waals surface area contributed by atoms with Gasteiger partial charge in [0.15, 0.2) is 0 Å². The molecule has 5 heteroatoms. The number of carbonyl (C=O) groups excluding carboxylic acids is 2. The second-order valence-electron chi connectivity index (χ2n) is 5.05. The average Bonchev–Trinajstić information content (AvgIpc) is 2.72. The van der Waals surface area contributed by atoms with Crippen molar-refractivity contribution >= 4 is 23.3 Å². The van der Waals surface area contributed by atoms with Crippen LogP contribution in [0.25, 0.3) is 0 Å². The number of carbonyl (C=O) groups is 2. The number of hydrogen-bond acceptors (Lipinski definition) is 4. The largest absolute Gasteiger partial charge is 0.467 e. The Morgan fingerprint density at radius 1 is 1.42 bits per heavy atom. The first-order chi connectivity index (χ1) is 8.91. The summed E-state index contributed by atoms with van der Waals surface area (Å²) in [6.07, 6.45) is 0.311. The molecule has 1 heterocycles. The number of fused-ring (bicyclic) bond motifs is 1. The van der Waals surface area contributed by atoms with Gasteiger partial charge in [-0.15, -0.1) is 0 Å². The number of hydrogen-bond donors (Lipinski definition) is 1. The van der Waals surface area contributed by atoms with Gasteiger partial charge in [0.05, 0.1) is 13.5 Å². The maximum atomic E-state index is 12.2. The third kappa shape index (κ3) is 2.05. The maximum Gasteiger partial charge on any atom is 0.331 e. The van der Waals surface area contributed by atoms with Gasteiger partial charge in [0.2, 0.25) is 5.91 Å². The van der Waals surface area contributed by atoms with Crippen LogP contribution >= 0.6 is 0 Å². The van der Waals surface area contributed by atoms with Gasteiger partial charge in [0.1, 0.15) is 5.54 Å². The lowest BCUT2D eigenvalue weighted by Gasteiger charge is -2.33. The van der Waals surface area contributed by atoms with Gasteiger partial charge in [-0.25, -0.2) is 4.79 Å². The van der Waals surface area contributed by atoms with Crippen LogP contribution in [0.15, 0.2) is 18.2 Å². The van der Waals surface area contributed by atoms with Crippen LogP contribution in [0.5, 0.6) is 0 Å². The fourth-order valence-corrected chi connectivity index (χ4v) is 2.43. The van der Waals surface area contributed by atoms with Crippen molar-refractivity contribution in [3.8, 4) is 0 Å². The Balaban J connectivity index is 2.46. The minimum absolute atomic E-state index is 0.0846. The molecular formula is C14H18N2O3. The highest BCUT2D eigenvalue weighted by Gasteiger charge is 2.43. The number of ether oxygens (including phenoxy) is 1. The lowest BCUT2D eigenvalue weighted by Crippen LogP contribution is -2.52. The number of benzene rings is 1. The van der Waals surface area contributed by atoms with Crippen LogP contribution in [0, 0.1) is 0 Å². The number of nitrogens with zero attached hydrogens (tertiary/aromatic N) is 1. The molecule has 19 heavy (non-hydrogen) atoms. The van der Waals surface area contributed by atoms with E-state index in [1.54, 1.807) is 13.8 Å². The van der Waals surface area contributed by atoms with Crippen molar-refractivity contribution in [1.29, 1.82) is 0 Å². The van der Waals surface area contributed by atoms with Crippen molar-refractivity contribution in [2.24, 2.45) is 0 Å². The van der Waals surface area contributed by atoms with Crippen LogP contribution < -0.4 is 10.2 Å². The number of anilines is 2. The third-order valence-electron chi connectivity index (χ3n) is 3.44. The zero-order valence-corrected chi connectivity index (χ0v) is 11.6. The standard InChI is InChI=1S/C14H18N2O3/c1-14(2,13(18)19-4)16-11-6-5-10(15-3)7-9(11)8-12(16)17/h5-7,15H,8H2,1-4H3. The predicted molar refractivity (Wildman–Crippen MR) is 73.3 cm³/mol. The van der Waals surface area contributed by atoms with Gasteiger partial charge < -0.3 is 10.1 Å². The molecule has 1 aromatic carbocycles. The van der Waals surface area contributed by atoms with Crippen molar-refractivity contribution < 1.29 is 14.3 Å². The second-order valence-corrected chi connectivity index (χ2v) is 5.05. The molecular weight excluding hydrogens is 244 g/mol. The Morgan fingerprint density at radius 2 is 2.11 bits per heavy atom. The number of methoxy groups -OCH3 is 1. The Hall–Kier alpha value is -2.04. The molecule has 1 aliphatic rings. The van der Waals surface area contributed by atoms with E-state index in [0.29, 0.717) is 6.42 Å². The summed E-state index contributed by atoms with van der Waals surface area (Å²) in [5.74, 6) is -0.509. The summed E-state index contributed by atoms with van der Waals surface area (Å²) < 4.78 is 4.79. The van der Waals surface area contributed by atoms with E-state index in [4.69, 9.17) is 4.74 Å². The lowest BCUT2D eigenvalue weighted by molar-refractivity contribution is -0.147. The van der Waals surface area contributed by atoms with Crippen LogP contribution in [-0.4, -0.2) is 31.6 Å². The van der Waals surface area contributed by atoms with Crippen LogP contribution in [0.4, 0.5) is 11.4 Å². The summed E-state index contributed by atoms with van der Waals surface area (Å²) >= 11 is 0. The first kappa shape index (κ1) is 13.4. The van der Waals surface area contributed by atoms with Gasteiger partial charge in [0, 0.05) is 18.4 Å². The smallest absolute Gasteiger partial charge is 0.331 e. The first-order valence-electron chi connectivity index (χ1n) is 6.14. The zero-order chi connectivity index (χ0) is 14.2. The summed E-state index contributed by atoms with van der Waals surface area (Å²) in [5.41, 5.74) is 1.65. The van der Waals surface area contributed by atoms with E-state index in [-0.39, 0.29) is 5.91 Å². The molecule has 0 saturated heterocycles. The summed E-state index contributed by atoms with van der Waals surface area (Å²) in [7, 11) is 3.16. The van der Waals surface area contributed by atoms with E-state index in [9.17, 15) is 9.59 Å². The van der Waals surface area contributed by atoms with Gasteiger partial charge in [-0.3, -0.25) is 9.69 Å². The van der Waals surface area contributed by atoms with Crippen LogP contribution in [0.3, 0.4) is 0 Å². The molecule has 1 N–H and O–H groups in total. The molecule has 1 amide bonds. The Kier molecular flexibility index (Phi) is 3.22. The van der Waals surface area contributed by atoms with Gasteiger partial charge in [-0.05, 0) is 37.6 Å². The Labute approximate surface area is 112 Å². The first-order valence-corrected chi connectivity index (χ1v) is 6.14. The molecule has 0 aliphatic carbocycles. The van der Waals surface area contributed by atoms with E-state index < -0.39 is 11.5 Å². The minimum Gasteiger partial charge on any atom is -0.467 e. The molecule has 0 radical (unpaired) electrons. The highest BCUT2D eigenvalue weighted by molar-refractivity contribution is 6.07. The molecule has 0 saturated carbocycles. The summed E-state index contributed by atoms with van der Waals surface area (Å²) in [6, 6.07) is 5.68. The van der Waals surface area contributed by atoms with E-state index in [0.717, 1.165) is 16.9 Å². The quantitative estimate of drug-likeness (QED) is 0.840. The van der Waals surface area contributed by atoms with E-state index >= 15 is 0 Å². The molecule has 0 aromatic heterocycles. The second kappa shape index (κ2) is 4.57. The number of amides is 1. The van der Waals surface area contributed by atoms with Crippen LogP contribution in [-0.2, 0) is 20.7 Å². The van der Waals surface area contributed by atoms with Gasteiger partial charge in [-0.2, -0.15) is 0 Å². The highest BCUT2D eigenvalue weighted by atomic mass is 16.5. The Morgan fingerprint density at radius 3 is 2.68 bits per heavy atom. The van der Waals surface area contributed by atoms with Crippen molar-refractivity contribution in [3.05, 3.63) is 23.8 Å². The molecule has 0 spiro atoms. The summed E-state index contributed by atoms with van der Waals surface area (Å²) in [5, 5.41) is 3.04. The summed E-state index contributed by atoms with van der Waals surface area (Å²) in [4.78, 5) is 25.6. The van der Waals surface area contributed by atoms with E-state index in [1.807, 2.05) is 25.2 Å².